The summed E-state index contributed by atoms with van der Waals surface area (Å²) >= 11 is 5.41. The molecule has 1 heterocycles. The molecule has 9 heteroatoms. The molecule has 1 aromatic rings. The first-order valence-electron chi connectivity index (χ1n) is 4.91. The number of carbonyl (C=O) groups excluding carboxylic acids is 1. The van der Waals surface area contributed by atoms with Crippen LogP contribution in [-0.4, -0.2) is 17.6 Å². The molecule has 0 saturated carbocycles. The van der Waals surface area contributed by atoms with Gasteiger partial charge in [0.25, 0.3) is 6.43 Å². The van der Waals surface area contributed by atoms with Crippen LogP contribution in [0, 0.1) is 0 Å². The number of hydrogen-bond acceptors (Lipinski definition) is 3. The quantitative estimate of drug-likeness (QED) is 0.483. The number of carbonyl (C=O) groups is 1. The molecule has 0 N–H and O–H groups in total. The van der Waals surface area contributed by atoms with Gasteiger partial charge in [0.05, 0.1) is 12.2 Å². The maximum absolute atomic E-state index is 12.8. The lowest BCUT2D eigenvalue weighted by Crippen LogP contribution is -2.17. The van der Waals surface area contributed by atoms with Crippen LogP contribution in [0.15, 0.2) is 6.20 Å². The molecule has 0 spiro atoms. The SMILES string of the molecule is CCOC(=O)c1c(Cl)ncc(C(F)(F)F)c1C(F)F. The molecule has 0 saturated heterocycles. The van der Waals surface area contributed by atoms with Gasteiger partial charge in [-0.15, -0.1) is 0 Å². The van der Waals surface area contributed by atoms with Gasteiger partial charge in [0.1, 0.15) is 10.7 Å². The van der Waals surface area contributed by atoms with E-state index in [1.165, 1.54) is 6.92 Å². The molecule has 0 aliphatic rings. The maximum Gasteiger partial charge on any atom is 0.418 e. The van der Waals surface area contributed by atoms with Crippen molar-refractivity contribution in [2.45, 2.75) is 19.5 Å². The lowest BCUT2D eigenvalue weighted by molar-refractivity contribution is -0.139. The summed E-state index contributed by atoms with van der Waals surface area (Å²) in [4.78, 5) is 14.5. The zero-order chi connectivity index (χ0) is 14.8. The summed E-state index contributed by atoms with van der Waals surface area (Å²) in [5, 5.41) is -0.762. The molecule has 106 valence electrons. The topological polar surface area (TPSA) is 39.2 Å². The van der Waals surface area contributed by atoms with E-state index in [1.54, 1.807) is 0 Å². The number of alkyl halides is 5. The van der Waals surface area contributed by atoms with Crippen molar-refractivity contribution >= 4 is 17.6 Å². The van der Waals surface area contributed by atoms with Crippen LogP contribution < -0.4 is 0 Å². The number of hydrogen-bond donors (Lipinski definition) is 0. The summed E-state index contributed by atoms with van der Waals surface area (Å²) in [5.74, 6) is -1.37. The smallest absolute Gasteiger partial charge is 0.418 e. The van der Waals surface area contributed by atoms with Gasteiger partial charge in [-0.2, -0.15) is 13.2 Å². The normalized spacial score (nSPS) is 11.8. The van der Waals surface area contributed by atoms with Gasteiger partial charge in [-0.25, -0.2) is 18.6 Å². The van der Waals surface area contributed by atoms with Crippen LogP contribution in [0.4, 0.5) is 22.0 Å². The molecule has 1 aromatic heterocycles. The summed E-state index contributed by atoms with van der Waals surface area (Å²) in [6, 6.07) is 0. The lowest BCUT2D eigenvalue weighted by atomic mass is 10.0. The van der Waals surface area contributed by atoms with Gasteiger partial charge in [0.15, 0.2) is 0 Å². The van der Waals surface area contributed by atoms with Crippen LogP contribution >= 0.6 is 11.6 Å². The van der Waals surface area contributed by atoms with Gasteiger partial charge in [0.2, 0.25) is 0 Å². The first-order chi connectivity index (χ1) is 8.70. The largest absolute Gasteiger partial charge is 0.462 e. The van der Waals surface area contributed by atoms with E-state index < -0.39 is 40.4 Å². The molecule has 1 rings (SSSR count). The minimum Gasteiger partial charge on any atom is -0.462 e. The number of rotatable bonds is 3. The highest BCUT2D eigenvalue weighted by Crippen LogP contribution is 2.39. The van der Waals surface area contributed by atoms with Crippen molar-refractivity contribution in [1.29, 1.82) is 0 Å². The predicted octanol–water partition coefficient (Wildman–Crippen LogP) is 3.87. The number of ether oxygens (including phenoxy) is 1. The standard InChI is InChI=1S/C10H7ClF5NO2/c1-2-19-9(18)6-5(8(12)13)4(10(14,15)16)3-17-7(6)11/h3,8H,2H2,1H3. The highest BCUT2D eigenvalue weighted by molar-refractivity contribution is 6.32. The van der Waals surface area contributed by atoms with Crippen molar-refractivity contribution in [3.8, 4) is 0 Å². The molecule has 3 nitrogen and oxygen atoms in total. The monoisotopic (exact) mass is 303 g/mol. The maximum atomic E-state index is 12.8. The average Bonchev–Trinajstić information content (AvgIpc) is 2.26. The fourth-order valence-corrected chi connectivity index (χ4v) is 1.58. The molecule has 0 aromatic carbocycles. The third-order valence-electron chi connectivity index (χ3n) is 2.08. The highest BCUT2D eigenvalue weighted by atomic mass is 35.5. The van der Waals surface area contributed by atoms with Crippen molar-refractivity contribution in [2.75, 3.05) is 6.61 Å². The molecule has 0 unspecified atom stereocenters. The van der Waals surface area contributed by atoms with Crippen LogP contribution in [0.1, 0.15) is 34.8 Å². The second-order valence-electron chi connectivity index (χ2n) is 3.27. The van der Waals surface area contributed by atoms with E-state index in [1.807, 2.05) is 0 Å². The summed E-state index contributed by atoms with van der Waals surface area (Å²) in [5.41, 5.74) is -4.30. The van der Waals surface area contributed by atoms with Gasteiger partial charge in [-0.3, -0.25) is 0 Å². The highest BCUT2D eigenvalue weighted by Gasteiger charge is 2.40. The number of nitrogens with zero attached hydrogens (tertiary/aromatic N) is 1. The Balaban J connectivity index is 3.56. The van der Waals surface area contributed by atoms with Gasteiger partial charge < -0.3 is 4.74 Å². The summed E-state index contributed by atoms with van der Waals surface area (Å²) in [6.07, 6.45) is -8.46. The zero-order valence-corrected chi connectivity index (χ0v) is 10.1. The molecule has 0 bridgehead atoms. The first kappa shape index (κ1) is 15.6. The molecular weight excluding hydrogens is 297 g/mol. The fourth-order valence-electron chi connectivity index (χ4n) is 1.35. The van der Waals surface area contributed by atoms with Gasteiger partial charge in [0, 0.05) is 11.8 Å². The van der Waals surface area contributed by atoms with E-state index in [4.69, 9.17) is 11.6 Å². The Bertz CT molecular complexity index is 490. The van der Waals surface area contributed by atoms with Gasteiger partial charge in [-0.05, 0) is 6.92 Å². The third kappa shape index (κ3) is 3.31. The lowest BCUT2D eigenvalue weighted by Gasteiger charge is -2.15. The van der Waals surface area contributed by atoms with Crippen molar-refractivity contribution in [3.05, 3.63) is 28.0 Å². The number of pyridine rings is 1. The minimum atomic E-state index is -5.08. The summed E-state index contributed by atoms with van der Waals surface area (Å²) in [7, 11) is 0. The first-order valence-corrected chi connectivity index (χ1v) is 5.28. The van der Waals surface area contributed by atoms with Gasteiger partial charge >= 0.3 is 12.1 Å². The number of halogens is 6. The van der Waals surface area contributed by atoms with E-state index in [2.05, 4.69) is 9.72 Å². The Morgan fingerprint density at radius 1 is 1.47 bits per heavy atom. The Kier molecular flexibility index (Phi) is 4.67. The Morgan fingerprint density at radius 2 is 2.05 bits per heavy atom. The third-order valence-corrected chi connectivity index (χ3v) is 2.36. The van der Waals surface area contributed by atoms with Gasteiger partial charge in [-0.1, -0.05) is 11.6 Å². The Labute approximate surface area is 109 Å². The van der Waals surface area contributed by atoms with E-state index in [9.17, 15) is 26.7 Å². The predicted molar refractivity (Wildman–Crippen MR) is 55.2 cm³/mol. The van der Waals surface area contributed by atoms with Crippen LogP contribution in [0.3, 0.4) is 0 Å². The molecule has 0 radical (unpaired) electrons. The van der Waals surface area contributed by atoms with Crippen LogP contribution in [-0.2, 0) is 10.9 Å². The van der Waals surface area contributed by atoms with Crippen molar-refractivity contribution in [2.24, 2.45) is 0 Å². The summed E-state index contributed by atoms with van der Waals surface area (Å²) in [6.45, 7) is 1.17. The number of esters is 1. The molecule has 0 atom stereocenters. The molecule has 0 amide bonds. The Morgan fingerprint density at radius 3 is 2.47 bits per heavy atom. The molecular formula is C10H7ClF5NO2. The second-order valence-corrected chi connectivity index (χ2v) is 3.63. The van der Waals surface area contributed by atoms with E-state index >= 15 is 0 Å². The van der Waals surface area contributed by atoms with Crippen LogP contribution in [0.25, 0.3) is 0 Å². The van der Waals surface area contributed by atoms with Crippen LogP contribution in [0.5, 0.6) is 0 Å². The van der Waals surface area contributed by atoms with Crippen molar-refractivity contribution in [3.63, 3.8) is 0 Å². The average molecular weight is 304 g/mol. The van der Waals surface area contributed by atoms with E-state index in [-0.39, 0.29) is 12.8 Å². The molecule has 0 fully saturated rings. The number of aromatic nitrogens is 1. The Hall–Kier alpha value is -1.44. The molecule has 19 heavy (non-hydrogen) atoms. The van der Waals surface area contributed by atoms with Crippen LogP contribution in [0.2, 0.25) is 5.15 Å². The zero-order valence-electron chi connectivity index (χ0n) is 9.39. The van der Waals surface area contributed by atoms with Crippen molar-refractivity contribution < 1.29 is 31.5 Å². The van der Waals surface area contributed by atoms with E-state index in [0.29, 0.717) is 0 Å². The summed E-state index contributed by atoms with van der Waals surface area (Å²) < 4.78 is 67.8. The molecule has 0 aliphatic heterocycles. The molecule has 0 aliphatic carbocycles. The fraction of sp³-hybridized carbons (Fsp3) is 0.400. The second kappa shape index (κ2) is 5.68. The van der Waals surface area contributed by atoms with E-state index in [0.717, 1.165) is 0 Å². The minimum absolute atomic E-state index is 0.159. The van der Waals surface area contributed by atoms with Crippen molar-refractivity contribution in [1.82, 2.24) is 4.98 Å².